The van der Waals surface area contributed by atoms with Gasteiger partial charge in [0.05, 0.1) is 11.7 Å². The first-order chi connectivity index (χ1) is 12.8. The van der Waals surface area contributed by atoms with Crippen molar-refractivity contribution in [3.05, 3.63) is 75.1 Å². The van der Waals surface area contributed by atoms with Crippen LogP contribution in [-0.2, 0) is 11.3 Å². The van der Waals surface area contributed by atoms with E-state index in [0.29, 0.717) is 22.5 Å². The van der Waals surface area contributed by atoms with Crippen LogP contribution in [0.5, 0.6) is 5.75 Å². The van der Waals surface area contributed by atoms with Gasteiger partial charge >= 0.3 is 11.6 Å². The molecule has 2 aromatic carbocycles. The number of carbonyl (C=O) groups excluding carboxylic acids is 1. The summed E-state index contributed by atoms with van der Waals surface area (Å²) in [4.78, 5) is 24.1. The monoisotopic (exact) mass is 366 g/mol. The molecule has 1 heterocycles. The second kappa shape index (κ2) is 7.66. The van der Waals surface area contributed by atoms with Gasteiger partial charge in [-0.25, -0.2) is 9.59 Å². The highest BCUT2D eigenvalue weighted by molar-refractivity contribution is 5.90. The fourth-order valence-corrected chi connectivity index (χ4v) is 2.77. The molecule has 5 nitrogen and oxygen atoms in total. The SMILES string of the molecule is Cc1cc2oc(=O)cc(COC(=O)c3ccc(OC(C)C)cc3)c2cc1C. The van der Waals surface area contributed by atoms with Gasteiger partial charge in [-0.1, -0.05) is 0 Å². The lowest BCUT2D eigenvalue weighted by Crippen LogP contribution is -2.09. The molecule has 3 aromatic rings. The molecule has 0 atom stereocenters. The molecule has 140 valence electrons. The number of hydrogen-bond acceptors (Lipinski definition) is 5. The van der Waals surface area contributed by atoms with Gasteiger partial charge < -0.3 is 13.9 Å². The number of fused-ring (bicyclic) bond motifs is 1. The summed E-state index contributed by atoms with van der Waals surface area (Å²) in [6.45, 7) is 7.80. The van der Waals surface area contributed by atoms with Crippen LogP contribution in [0.1, 0.15) is 40.9 Å². The lowest BCUT2D eigenvalue weighted by Gasteiger charge is -2.11. The third-order valence-electron chi connectivity index (χ3n) is 4.27. The van der Waals surface area contributed by atoms with Crippen molar-refractivity contribution < 1.29 is 18.7 Å². The van der Waals surface area contributed by atoms with Crippen LogP contribution in [-0.4, -0.2) is 12.1 Å². The molecule has 0 saturated carbocycles. The van der Waals surface area contributed by atoms with E-state index in [-0.39, 0.29) is 12.7 Å². The Morgan fingerprint density at radius 3 is 2.37 bits per heavy atom. The minimum atomic E-state index is -0.466. The molecule has 0 aliphatic carbocycles. The van der Waals surface area contributed by atoms with Crippen LogP contribution >= 0.6 is 0 Å². The molecule has 0 aliphatic heterocycles. The highest BCUT2D eigenvalue weighted by Gasteiger charge is 2.12. The number of benzene rings is 2. The van der Waals surface area contributed by atoms with Crippen LogP contribution in [0.4, 0.5) is 0 Å². The van der Waals surface area contributed by atoms with Crippen LogP contribution in [0.25, 0.3) is 11.0 Å². The van der Waals surface area contributed by atoms with Gasteiger partial charge in [-0.05, 0) is 75.2 Å². The summed E-state index contributed by atoms with van der Waals surface area (Å²) in [7, 11) is 0. The van der Waals surface area contributed by atoms with Crippen LogP contribution in [0, 0.1) is 13.8 Å². The molecule has 0 aliphatic rings. The summed E-state index contributed by atoms with van der Waals surface area (Å²) in [5, 5.41) is 0.770. The summed E-state index contributed by atoms with van der Waals surface area (Å²) < 4.78 is 16.2. The van der Waals surface area contributed by atoms with Gasteiger partial charge in [-0.3, -0.25) is 0 Å². The second-order valence-electron chi connectivity index (χ2n) is 6.79. The van der Waals surface area contributed by atoms with Gasteiger partial charge in [0.15, 0.2) is 0 Å². The molecule has 0 saturated heterocycles. The van der Waals surface area contributed by atoms with Crippen molar-refractivity contribution in [2.75, 3.05) is 0 Å². The third-order valence-corrected chi connectivity index (χ3v) is 4.27. The van der Waals surface area contributed by atoms with E-state index in [1.165, 1.54) is 6.07 Å². The van der Waals surface area contributed by atoms with Crippen molar-refractivity contribution in [3.8, 4) is 5.75 Å². The zero-order chi connectivity index (χ0) is 19.6. The topological polar surface area (TPSA) is 65.7 Å². The fraction of sp³-hybridized carbons (Fsp3) is 0.273. The van der Waals surface area contributed by atoms with Gasteiger partial charge in [0.1, 0.15) is 17.9 Å². The van der Waals surface area contributed by atoms with Gasteiger partial charge in [0.25, 0.3) is 0 Å². The first-order valence-corrected chi connectivity index (χ1v) is 8.81. The number of rotatable bonds is 5. The number of esters is 1. The smallest absolute Gasteiger partial charge is 0.338 e. The van der Waals surface area contributed by atoms with Crippen LogP contribution < -0.4 is 10.4 Å². The average Bonchev–Trinajstić information content (AvgIpc) is 2.61. The molecule has 5 heteroatoms. The van der Waals surface area contributed by atoms with Gasteiger partial charge in [0, 0.05) is 17.0 Å². The third kappa shape index (κ3) is 4.37. The largest absolute Gasteiger partial charge is 0.491 e. The molecule has 0 amide bonds. The Kier molecular flexibility index (Phi) is 5.31. The first kappa shape index (κ1) is 18.7. The van der Waals surface area contributed by atoms with E-state index >= 15 is 0 Å². The zero-order valence-electron chi connectivity index (χ0n) is 15.9. The Hall–Kier alpha value is -3.08. The molecule has 1 aromatic heterocycles. The molecule has 0 N–H and O–H groups in total. The molecule has 3 rings (SSSR count). The van der Waals surface area contributed by atoms with E-state index in [0.717, 1.165) is 16.5 Å². The molecule has 0 fully saturated rings. The van der Waals surface area contributed by atoms with Crippen LogP contribution in [0.3, 0.4) is 0 Å². The zero-order valence-corrected chi connectivity index (χ0v) is 15.9. The van der Waals surface area contributed by atoms with Crippen molar-refractivity contribution in [2.24, 2.45) is 0 Å². The molecular formula is C22H22O5. The Bertz CT molecular complexity index is 1030. The molecule has 0 spiro atoms. The minimum absolute atomic E-state index is 0.00627. The molecule has 0 bridgehead atoms. The molecule has 0 radical (unpaired) electrons. The number of aryl methyl sites for hydroxylation is 2. The minimum Gasteiger partial charge on any atom is -0.491 e. The van der Waals surface area contributed by atoms with E-state index in [1.54, 1.807) is 24.3 Å². The highest BCUT2D eigenvalue weighted by atomic mass is 16.5. The quantitative estimate of drug-likeness (QED) is 0.489. The molecular weight excluding hydrogens is 344 g/mol. The Morgan fingerprint density at radius 1 is 1.04 bits per heavy atom. The van der Waals surface area contributed by atoms with Crippen molar-refractivity contribution in [2.45, 2.75) is 40.4 Å². The van der Waals surface area contributed by atoms with Crippen molar-refractivity contribution in [1.29, 1.82) is 0 Å². The van der Waals surface area contributed by atoms with E-state index in [4.69, 9.17) is 13.9 Å². The fourth-order valence-electron chi connectivity index (χ4n) is 2.77. The predicted molar refractivity (Wildman–Crippen MR) is 103 cm³/mol. The number of carbonyl (C=O) groups is 1. The van der Waals surface area contributed by atoms with E-state index in [9.17, 15) is 9.59 Å². The van der Waals surface area contributed by atoms with E-state index in [1.807, 2.05) is 39.8 Å². The Morgan fingerprint density at radius 2 is 1.70 bits per heavy atom. The van der Waals surface area contributed by atoms with E-state index in [2.05, 4.69) is 0 Å². The van der Waals surface area contributed by atoms with Crippen molar-refractivity contribution in [1.82, 2.24) is 0 Å². The van der Waals surface area contributed by atoms with Crippen LogP contribution in [0.2, 0.25) is 0 Å². The Labute approximate surface area is 157 Å². The lowest BCUT2D eigenvalue weighted by atomic mass is 10.0. The summed E-state index contributed by atoms with van der Waals surface area (Å²) >= 11 is 0. The van der Waals surface area contributed by atoms with Gasteiger partial charge in [-0.15, -0.1) is 0 Å². The standard InChI is InChI=1S/C22H22O5/c1-13(2)26-18-7-5-16(6-8-18)22(24)25-12-17-11-21(23)27-20-10-15(4)14(3)9-19(17)20/h5-11,13H,12H2,1-4H3. The predicted octanol–water partition coefficient (Wildman–Crippen LogP) is 4.55. The maximum absolute atomic E-state index is 12.3. The highest BCUT2D eigenvalue weighted by Crippen LogP contribution is 2.22. The number of hydrogen-bond donors (Lipinski definition) is 0. The van der Waals surface area contributed by atoms with Gasteiger partial charge in [0.2, 0.25) is 0 Å². The average molecular weight is 366 g/mol. The Balaban J connectivity index is 1.79. The van der Waals surface area contributed by atoms with E-state index < -0.39 is 11.6 Å². The second-order valence-corrected chi connectivity index (χ2v) is 6.79. The summed E-state index contributed by atoms with van der Waals surface area (Å²) in [5.41, 5.74) is 3.18. The molecule has 0 unspecified atom stereocenters. The molecule has 27 heavy (non-hydrogen) atoms. The van der Waals surface area contributed by atoms with Crippen molar-refractivity contribution >= 4 is 16.9 Å². The maximum atomic E-state index is 12.3. The maximum Gasteiger partial charge on any atom is 0.338 e. The van der Waals surface area contributed by atoms with Gasteiger partial charge in [-0.2, -0.15) is 0 Å². The summed E-state index contributed by atoms with van der Waals surface area (Å²) in [6.07, 6.45) is 0.0629. The van der Waals surface area contributed by atoms with Crippen molar-refractivity contribution in [3.63, 3.8) is 0 Å². The van der Waals surface area contributed by atoms with Crippen LogP contribution in [0.15, 0.2) is 51.7 Å². The first-order valence-electron chi connectivity index (χ1n) is 8.81. The summed E-state index contributed by atoms with van der Waals surface area (Å²) in [5.74, 6) is 0.232. The number of ether oxygens (including phenoxy) is 2. The normalized spacial score (nSPS) is 11.0. The summed E-state index contributed by atoms with van der Waals surface area (Å²) in [6, 6.07) is 11.9. The lowest BCUT2D eigenvalue weighted by molar-refractivity contribution is 0.0474.